The lowest BCUT2D eigenvalue weighted by molar-refractivity contribution is -0.141. The van der Waals surface area contributed by atoms with Crippen LogP contribution in [-0.2, 0) is 4.79 Å². The summed E-state index contributed by atoms with van der Waals surface area (Å²) in [7, 11) is 0. The predicted octanol–water partition coefficient (Wildman–Crippen LogP) is 2.09. The van der Waals surface area contributed by atoms with Gasteiger partial charge in [-0.25, -0.2) is 4.98 Å². The van der Waals surface area contributed by atoms with Crippen molar-refractivity contribution in [3.8, 4) is 0 Å². The smallest absolute Gasteiger partial charge is 0.303 e. The number of aryl methyl sites for hydroxylation is 1. The Balaban J connectivity index is 1.79. The number of nitrogens with zero attached hydrogens (tertiary/aromatic N) is 3. The Morgan fingerprint density at radius 3 is 2.95 bits per heavy atom. The molecule has 0 unspecified atom stereocenters. The largest absolute Gasteiger partial charge is 0.481 e. The van der Waals surface area contributed by atoms with Gasteiger partial charge in [0, 0.05) is 6.54 Å². The van der Waals surface area contributed by atoms with E-state index in [2.05, 4.69) is 15.4 Å². The zero-order chi connectivity index (χ0) is 14.2. The van der Waals surface area contributed by atoms with Gasteiger partial charge in [-0.1, -0.05) is 6.42 Å². The summed E-state index contributed by atoms with van der Waals surface area (Å²) >= 11 is 0. The number of carboxylic acid groups (broad SMARTS) is 1. The van der Waals surface area contributed by atoms with Gasteiger partial charge in [-0.3, -0.25) is 4.79 Å². The summed E-state index contributed by atoms with van der Waals surface area (Å²) in [6.45, 7) is 2.67. The van der Waals surface area contributed by atoms with Crippen LogP contribution in [0.15, 0.2) is 18.5 Å². The van der Waals surface area contributed by atoms with E-state index < -0.39 is 5.97 Å². The second-order valence-corrected chi connectivity index (χ2v) is 5.73. The van der Waals surface area contributed by atoms with Gasteiger partial charge in [-0.05, 0) is 42.9 Å². The minimum atomic E-state index is -0.721. The van der Waals surface area contributed by atoms with Crippen molar-refractivity contribution in [3.63, 3.8) is 0 Å². The monoisotopic (exact) mass is 274 g/mol. The number of hydrogen-bond donors (Lipinski definition) is 2. The average molecular weight is 274 g/mol. The fraction of sp³-hybridized carbons (Fsp3) is 0.500. The van der Waals surface area contributed by atoms with E-state index in [0.29, 0.717) is 6.54 Å². The molecule has 2 heterocycles. The molecular formula is C14H18N4O2. The second kappa shape index (κ2) is 4.77. The minimum absolute atomic E-state index is 0.109. The van der Waals surface area contributed by atoms with E-state index in [9.17, 15) is 4.79 Å². The van der Waals surface area contributed by atoms with Crippen LogP contribution in [0, 0.1) is 12.3 Å². The lowest BCUT2D eigenvalue weighted by atomic mass is 9.66. The first-order valence-corrected chi connectivity index (χ1v) is 6.84. The molecule has 0 atom stereocenters. The van der Waals surface area contributed by atoms with Crippen LogP contribution in [0.2, 0.25) is 0 Å². The summed E-state index contributed by atoms with van der Waals surface area (Å²) in [4.78, 5) is 15.2. The highest BCUT2D eigenvalue weighted by molar-refractivity contribution is 5.68. The molecule has 0 aromatic carbocycles. The molecule has 1 fully saturated rings. The summed E-state index contributed by atoms with van der Waals surface area (Å²) in [6, 6.07) is 3.98. The van der Waals surface area contributed by atoms with Crippen molar-refractivity contribution in [3.05, 3.63) is 24.0 Å². The van der Waals surface area contributed by atoms with E-state index in [-0.39, 0.29) is 11.8 Å². The molecule has 0 radical (unpaired) electrons. The third-order valence-corrected chi connectivity index (χ3v) is 4.11. The molecule has 2 aromatic heterocycles. The first-order chi connectivity index (χ1) is 9.58. The van der Waals surface area contributed by atoms with Crippen molar-refractivity contribution in [1.82, 2.24) is 14.6 Å². The van der Waals surface area contributed by atoms with Crippen LogP contribution in [0.3, 0.4) is 0 Å². The minimum Gasteiger partial charge on any atom is -0.481 e. The Morgan fingerprint density at radius 2 is 2.30 bits per heavy atom. The molecule has 1 saturated carbocycles. The number of aromatic nitrogens is 3. The van der Waals surface area contributed by atoms with Crippen LogP contribution in [0.4, 0.5) is 5.82 Å². The standard InChI is InChI=1S/C14H18N4O2/c1-10-5-11(18-12(6-10)16-9-17-18)15-8-14(3-2-4-14)7-13(19)20/h5-6,9,15H,2-4,7-8H2,1H3,(H,19,20). The number of rotatable bonds is 5. The Labute approximate surface area is 116 Å². The number of nitrogens with one attached hydrogen (secondary N) is 1. The summed E-state index contributed by atoms with van der Waals surface area (Å²) in [5, 5.41) is 16.6. The van der Waals surface area contributed by atoms with E-state index >= 15 is 0 Å². The zero-order valence-electron chi connectivity index (χ0n) is 11.5. The van der Waals surface area contributed by atoms with Crippen LogP contribution in [0.5, 0.6) is 0 Å². The van der Waals surface area contributed by atoms with Gasteiger partial charge in [-0.15, -0.1) is 0 Å². The molecular weight excluding hydrogens is 256 g/mol. The van der Waals surface area contributed by atoms with Gasteiger partial charge >= 0.3 is 5.97 Å². The van der Waals surface area contributed by atoms with Gasteiger partial charge in [0.2, 0.25) is 0 Å². The fourth-order valence-electron chi connectivity index (χ4n) is 2.87. The van der Waals surface area contributed by atoms with Crippen molar-refractivity contribution >= 4 is 17.4 Å². The van der Waals surface area contributed by atoms with Gasteiger partial charge in [0.05, 0.1) is 6.42 Å². The summed E-state index contributed by atoms with van der Waals surface area (Å²) in [5.41, 5.74) is 1.80. The van der Waals surface area contributed by atoms with Crippen molar-refractivity contribution < 1.29 is 9.90 Å². The Morgan fingerprint density at radius 1 is 1.50 bits per heavy atom. The van der Waals surface area contributed by atoms with Gasteiger partial charge < -0.3 is 10.4 Å². The lowest BCUT2D eigenvalue weighted by Crippen LogP contribution is -2.38. The van der Waals surface area contributed by atoms with Crippen LogP contribution in [0.1, 0.15) is 31.2 Å². The molecule has 0 saturated heterocycles. The maximum absolute atomic E-state index is 11.0. The van der Waals surface area contributed by atoms with Crippen LogP contribution >= 0.6 is 0 Å². The molecule has 2 N–H and O–H groups in total. The van der Waals surface area contributed by atoms with E-state index in [1.165, 1.54) is 6.33 Å². The normalized spacial score (nSPS) is 16.9. The molecule has 1 aliphatic carbocycles. The molecule has 20 heavy (non-hydrogen) atoms. The maximum Gasteiger partial charge on any atom is 0.303 e. The highest BCUT2D eigenvalue weighted by Crippen LogP contribution is 2.44. The molecule has 6 heteroatoms. The number of pyridine rings is 1. The average Bonchev–Trinajstić information content (AvgIpc) is 2.79. The van der Waals surface area contributed by atoms with E-state index in [1.54, 1.807) is 4.52 Å². The fourth-order valence-corrected chi connectivity index (χ4v) is 2.87. The van der Waals surface area contributed by atoms with E-state index in [4.69, 9.17) is 5.11 Å². The van der Waals surface area contributed by atoms with Crippen molar-refractivity contribution in [2.45, 2.75) is 32.6 Å². The predicted molar refractivity (Wildman–Crippen MR) is 74.8 cm³/mol. The molecule has 6 nitrogen and oxygen atoms in total. The van der Waals surface area contributed by atoms with Crippen molar-refractivity contribution in [2.75, 3.05) is 11.9 Å². The summed E-state index contributed by atoms with van der Waals surface area (Å²) < 4.78 is 1.75. The number of hydrogen-bond acceptors (Lipinski definition) is 4. The molecule has 0 amide bonds. The second-order valence-electron chi connectivity index (χ2n) is 5.73. The quantitative estimate of drug-likeness (QED) is 0.872. The van der Waals surface area contributed by atoms with E-state index in [0.717, 1.165) is 36.3 Å². The van der Waals surface area contributed by atoms with E-state index in [1.807, 2.05) is 19.1 Å². The van der Waals surface area contributed by atoms with Crippen LogP contribution < -0.4 is 5.32 Å². The lowest BCUT2D eigenvalue weighted by Gasteiger charge is -2.41. The van der Waals surface area contributed by atoms with Crippen LogP contribution in [-0.4, -0.2) is 32.2 Å². The van der Waals surface area contributed by atoms with Gasteiger partial charge in [0.1, 0.15) is 12.1 Å². The number of fused-ring (bicyclic) bond motifs is 1. The van der Waals surface area contributed by atoms with Gasteiger partial charge in [0.15, 0.2) is 5.65 Å². The molecule has 1 aliphatic rings. The molecule has 0 spiro atoms. The number of carboxylic acids is 1. The zero-order valence-corrected chi connectivity index (χ0v) is 11.5. The van der Waals surface area contributed by atoms with Gasteiger partial charge in [-0.2, -0.15) is 9.61 Å². The SMILES string of the molecule is Cc1cc(NCC2(CC(=O)O)CCC2)n2ncnc2c1. The van der Waals surface area contributed by atoms with Gasteiger partial charge in [0.25, 0.3) is 0 Å². The third-order valence-electron chi connectivity index (χ3n) is 4.11. The first kappa shape index (κ1) is 12.9. The molecule has 2 aromatic rings. The highest BCUT2D eigenvalue weighted by Gasteiger charge is 2.38. The molecule has 0 aliphatic heterocycles. The first-order valence-electron chi connectivity index (χ1n) is 6.84. The van der Waals surface area contributed by atoms with Crippen LogP contribution in [0.25, 0.3) is 5.65 Å². The molecule has 106 valence electrons. The summed E-state index contributed by atoms with van der Waals surface area (Å²) in [6.07, 6.45) is 4.81. The Hall–Kier alpha value is -2.11. The molecule has 0 bridgehead atoms. The molecule has 3 rings (SSSR count). The topological polar surface area (TPSA) is 79.5 Å². The number of carbonyl (C=O) groups is 1. The number of anilines is 1. The Kier molecular flexibility index (Phi) is 3.08. The Bertz CT molecular complexity index is 646. The highest BCUT2D eigenvalue weighted by atomic mass is 16.4. The maximum atomic E-state index is 11.0. The summed E-state index contributed by atoms with van der Waals surface area (Å²) in [5.74, 6) is 0.149. The number of aliphatic carboxylic acids is 1. The van der Waals surface area contributed by atoms with Crippen molar-refractivity contribution in [2.24, 2.45) is 5.41 Å². The van der Waals surface area contributed by atoms with Crippen molar-refractivity contribution in [1.29, 1.82) is 0 Å². The third kappa shape index (κ3) is 2.33.